The molecule has 2 heterocycles. The molecular weight excluding hydrogens is 434 g/mol. The number of hydrogen-bond acceptors (Lipinski definition) is 7. The Morgan fingerprint density at radius 3 is 2.41 bits per heavy atom. The van der Waals surface area contributed by atoms with Crippen LogP contribution in [0.3, 0.4) is 0 Å². The molecule has 0 unspecified atom stereocenters. The number of piperidine rings is 1. The first-order chi connectivity index (χ1) is 16.3. The number of rotatable bonds is 4. The Morgan fingerprint density at radius 1 is 1.03 bits per heavy atom. The van der Waals surface area contributed by atoms with Crippen LogP contribution in [0.25, 0.3) is 0 Å². The van der Waals surface area contributed by atoms with Crippen molar-refractivity contribution in [1.29, 1.82) is 0 Å². The van der Waals surface area contributed by atoms with Gasteiger partial charge in [0.2, 0.25) is 5.91 Å². The summed E-state index contributed by atoms with van der Waals surface area (Å²) in [7, 11) is 3.71. The number of aliphatic hydroxyl groups is 2. The summed E-state index contributed by atoms with van der Waals surface area (Å²) in [4.78, 5) is 31.8. The molecule has 2 N–H and O–H groups in total. The number of nitrogens with zero attached hydrogens (tertiary/aromatic N) is 3. The van der Waals surface area contributed by atoms with Crippen molar-refractivity contribution < 1.29 is 24.5 Å². The highest BCUT2D eigenvalue weighted by Gasteiger charge is 2.42. The largest absolute Gasteiger partial charge is 0.462 e. The lowest BCUT2D eigenvalue weighted by molar-refractivity contribution is -0.165. The maximum atomic E-state index is 13.2. The van der Waals surface area contributed by atoms with E-state index in [1.807, 2.05) is 37.2 Å². The van der Waals surface area contributed by atoms with E-state index in [-0.39, 0.29) is 24.9 Å². The highest BCUT2D eigenvalue weighted by molar-refractivity contribution is 5.78. The third-order valence-corrected chi connectivity index (χ3v) is 7.16. The highest BCUT2D eigenvalue weighted by atomic mass is 16.5. The third-order valence-electron chi connectivity index (χ3n) is 7.16. The first-order valence-corrected chi connectivity index (χ1v) is 12.5. The number of hydrogen-bond donors (Lipinski definition) is 2. The van der Waals surface area contributed by atoms with Gasteiger partial charge in [0.05, 0.1) is 18.1 Å². The van der Waals surface area contributed by atoms with Crippen molar-refractivity contribution in [2.75, 3.05) is 53.4 Å². The van der Waals surface area contributed by atoms with E-state index in [0.717, 1.165) is 32.5 Å². The number of ether oxygens (including phenoxy) is 1. The summed E-state index contributed by atoms with van der Waals surface area (Å²) in [5.41, 5.74) is 0.681. The molecule has 0 bridgehead atoms. The SMILES string of the molecule is CN(C)CC(=O)N1CCCCC2(CCN(Cc3ccccc3)CC2)C(=O)OC[C@@H](O)[C@@H](O)CC1. The first-order valence-electron chi connectivity index (χ1n) is 12.5. The second-order valence-electron chi connectivity index (χ2n) is 10.1. The number of benzene rings is 1. The average Bonchev–Trinajstić information content (AvgIpc) is 2.83. The molecule has 34 heavy (non-hydrogen) atoms. The summed E-state index contributed by atoms with van der Waals surface area (Å²) in [6.45, 7) is 3.52. The van der Waals surface area contributed by atoms with Gasteiger partial charge in [0.25, 0.3) is 0 Å². The van der Waals surface area contributed by atoms with Gasteiger partial charge in [0.15, 0.2) is 0 Å². The molecule has 1 spiro atoms. The van der Waals surface area contributed by atoms with Crippen molar-refractivity contribution >= 4 is 11.9 Å². The molecule has 0 aromatic heterocycles. The molecule has 1 amide bonds. The molecule has 2 fully saturated rings. The Kier molecular flexibility index (Phi) is 9.88. The molecule has 0 radical (unpaired) electrons. The number of aliphatic hydroxyl groups excluding tert-OH is 2. The zero-order chi connectivity index (χ0) is 24.6. The van der Waals surface area contributed by atoms with Crippen molar-refractivity contribution in [2.45, 2.75) is 57.3 Å². The molecule has 2 aliphatic heterocycles. The van der Waals surface area contributed by atoms with Gasteiger partial charge in [-0.25, -0.2) is 0 Å². The maximum Gasteiger partial charge on any atom is 0.312 e. The van der Waals surface area contributed by atoms with E-state index >= 15 is 0 Å². The number of likely N-dealkylation sites (tertiary alicyclic amines) is 1. The predicted octanol–water partition coefficient (Wildman–Crippen LogP) is 1.50. The van der Waals surface area contributed by atoms with Crippen LogP contribution in [0, 0.1) is 5.41 Å². The van der Waals surface area contributed by atoms with Crippen molar-refractivity contribution in [3.8, 4) is 0 Å². The summed E-state index contributed by atoms with van der Waals surface area (Å²) in [5.74, 6) is -0.254. The lowest BCUT2D eigenvalue weighted by Gasteiger charge is -2.40. The topological polar surface area (TPSA) is 93.6 Å². The second-order valence-corrected chi connectivity index (χ2v) is 10.1. The van der Waals surface area contributed by atoms with Gasteiger partial charge in [-0.3, -0.25) is 14.5 Å². The van der Waals surface area contributed by atoms with Crippen LogP contribution < -0.4 is 0 Å². The smallest absolute Gasteiger partial charge is 0.312 e. The number of carbonyl (C=O) groups is 2. The van der Waals surface area contributed by atoms with Crippen LogP contribution in [0.5, 0.6) is 0 Å². The minimum Gasteiger partial charge on any atom is -0.462 e. The molecule has 1 aromatic carbocycles. The number of amides is 1. The minimum atomic E-state index is -1.16. The Bertz CT molecular complexity index is 780. The van der Waals surface area contributed by atoms with Gasteiger partial charge < -0.3 is 24.7 Å². The van der Waals surface area contributed by atoms with Gasteiger partial charge in [-0.15, -0.1) is 0 Å². The molecule has 2 atom stereocenters. The van der Waals surface area contributed by atoms with Gasteiger partial charge in [-0.05, 0) is 64.9 Å². The summed E-state index contributed by atoms with van der Waals surface area (Å²) < 4.78 is 5.56. The molecule has 8 heteroatoms. The van der Waals surface area contributed by atoms with Crippen molar-refractivity contribution in [1.82, 2.24) is 14.7 Å². The molecule has 0 saturated carbocycles. The van der Waals surface area contributed by atoms with E-state index in [0.29, 0.717) is 38.9 Å². The number of esters is 1. The Labute approximate surface area is 203 Å². The molecule has 0 aliphatic carbocycles. The van der Waals surface area contributed by atoms with Gasteiger partial charge >= 0.3 is 5.97 Å². The van der Waals surface area contributed by atoms with Crippen LogP contribution in [-0.2, 0) is 20.9 Å². The zero-order valence-corrected chi connectivity index (χ0v) is 20.7. The van der Waals surface area contributed by atoms with E-state index in [1.165, 1.54) is 5.56 Å². The van der Waals surface area contributed by atoms with E-state index in [2.05, 4.69) is 17.0 Å². The number of carbonyl (C=O) groups excluding carboxylic acids is 2. The Hall–Kier alpha value is -2.00. The Morgan fingerprint density at radius 2 is 1.74 bits per heavy atom. The molecule has 190 valence electrons. The highest BCUT2D eigenvalue weighted by Crippen LogP contribution is 2.38. The standard InChI is InChI=1S/C26H41N3O5/c1-27(2)19-24(32)29-14-7-6-11-26(25(33)34-20-23(31)22(30)10-15-29)12-16-28(17-13-26)18-21-8-4-3-5-9-21/h3-5,8-9,22-23,30-31H,6-7,10-20H2,1-2H3/t22-,23+/m0/s1. The fraction of sp³-hybridized carbons (Fsp3) is 0.692. The Balaban J connectivity index is 1.65. The molecule has 1 aromatic rings. The maximum absolute atomic E-state index is 13.2. The second kappa shape index (κ2) is 12.6. The summed E-state index contributed by atoms with van der Waals surface area (Å²) in [6.07, 6.45) is 1.78. The molecule has 3 rings (SSSR count). The quantitative estimate of drug-likeness (QED) is 0.638. The van der Waals surface area contributed by atoms with Gasteiger partial charge in [0.1, 0.15) is 12.7 Å². The lowest BCUT2D eigenvalue weighted by Crippen LogP contribution is -2.45. The van der Waals surface area contributed by atoms with Crippen LogP contribution in [0.2, 0.25) is 0 Å². The summed E-state index contributed by atoms with van der Waals surface area (Å²) in [6, 6.07) is 10.3. The van der Waals surface area contributed by atoms with E-state index in [4.69, 9.17) is 4.74 Å². The van der Waals surface area contributed by atoms with Crippen LogP contribution >= 0.6 is 0 Å². The third kappa shape index (κ3) is 7.50. The number of cyclic esters (lactones) is 1. The first kappa shape index (κ1) is 26.6. The van der Waals surface area contributed by atoms with Crippen molar-refractivity contribution in [3.63, 3.8) is 0 Å². The van der Waals surface area contributed by atoms with Crippen molar-refractivity contribution in [3.05, 3.63) is 35.9 Å². The fourth-order valence-corrected chi connectivity index (χ4v) is 4.94. The fourth-order valence-electron chi connectivity index (χ4n) is 4.94. The molecule has 2 saturated heterocycles. The normalized spacial score (nSPS) is 25.3. The van der Waals surface area contributed by atoms with Crippen molar-refractivity contribution in [2.24, 2.45) is 5.41 Å². The van der Waals surface area contributed by atoms with E-state index in [9.17, 15) is 19.8 Å². The van der Waals surface area contributed by atoms with Gasteiger partial charge in [-0.2, -0.15) is 0 Å². The van der Waals surface area contributed by atoms with Gasteiger partial charge in [0, 0.05) is 19.6 Å². The number of likely N-dealkylation sites (N-methyl/N-ethyl adjacent to an activating group) is 1. The summed E-state index contributed by atoms with van der Waals surface area (Å²) >= 11 is 0. The van der Waals surface area contributed by atoms with Crippen LogP contribution in [0.1, 0.15) is 44.1 Å². The van der Waals surface area contributed by atoms with E-state index < -0.39 is 17.6 Å². The van der Waals surface area contributed by atoms with Crippen LogP contribution in [0.4, 0.5) is 0 Å². The van der Waals surface area contributed by atoms with E-state index in [1.54, 1.807) is 4.90 Å². The zero-order valence-electron chi connectivity index (χ0n) is 20.7. The minimum absolute atomic E-state index is 0.0119. The summed E-state index contributed by atoms with van der Waals surface area (Å²) in [5, 5.41) is 20.7. The molecule has 8 nitrogen and oxygen atoms in total. The van der Waals surface area contributed by atoms with Gasteiger partial charge in [-0.1, -0.05) is 36.8 Å². The molecule has 2 aliphatic rings. The predicted molar refractivity (Wildman–Crippen MR) is 130 cm³/mol. The average molecular weight is 476 g/mol. The monoisotopic (exact) mass is 475 g/mol. The lowest BCUT2D eigenvalue weighted by atomic mass is 9.74. The van der Waals surface area contributed by atoms with Crippen LogP contribution in [0.15, 0.2) is 30.3 Å². The van der Waals surface area contributed by atoms with Crippen LogP contribution in [-0.4, -0.2) is 102 Å². The molecular formula is C26H41N3O5.